The Hall–Kier alpha value is -4.47. The van der Waals surface area contributed by atoms with E-state index in [1.54, 1.807) is 26.0 Å². The molecule has 290 valence electrons. The van der Waals surface area contributed by atoms with E-state index in [4.69, 9.17) is 67.5 Å². The number of benzene rings is 4. The van der Waals surface area contributed by atoms with Crippen LogP contribution in [0.4, 0.5) is 26.3 Å². The van der Waals surface area contributed by atoms with Gasteiger partial charge in [-0.25, -0.2) is 4.84 Å². The zero-order chi connectivity index (χ0) is 40.8. The number of hydrogen-bond acceptors (Lipinski definition) is 6. The van der Waals surface area contributed by atoms with Crippen molar-refractivity contribution in [1.29, 1.82) is 0 Å². The summed E-state index contributed by atoms with van der Waals surface area (Å²) in [5.41, 5.74) is 7.32. The Bertz CT molecular complexity index is 2230. The molecular formula is C37H28Cl4F6N4O4. The summed E-state index contributed by atoms with van der Waals surface area (Å²) in [4.78, 5) is 33.0. The summed E-state index contributed by atoms with van der Waals surface area (Å²) in [5.74, 6) is -1.24. The number of hydroxylamine groups is 2. The van der Waals surface area contributed by atoms with Crippen LogP contribution in [-0.2, 0) is 20.9 Å². The molecule has 2 amide bonds. The van der Waals surface area contributed by atoms with Crippen molar-refractivity contribution in [2.24, 2.45) is 16.6 Å². The van der Waals surface area contributed by atoms with Crippen LogP contribution in [0.25, 0.3) is 5.70 Å². The van der Waals surface area contributed by atoms with Crippen LogP contribution in [0.15, 0.2) is 84.0 Å². The average Bonchev–Trinajstić information content (AvgIpc) is 3.68. The number of halogens is 10. The predicted octanol–water partition coefficient (Wildman–Crippen LogP) is 10.1. The Morgan fingerprint density at radius 3 is 1.60 bits per heavy atom. The molecule has 4 aromatic rings. The molecule has 55 heavy (non-hydrogen) atoms. The first-order chi connectivity index (χ1) is 25.5. The molecule has 4 aromatic carbocycles. The van der Waals surface area contributed by atoms with Gasteiger partial charge in [-0.05, 0) is 97.3 Å². The maximum atomic E-state index is 14.1. The minimum absolute atomic E-state index is 0.0554. The largest absolute Gasteiger partial charge is 0.435 e. The number of oxime groups is 1. The molecule has 0 bridgehead atoms. The lowest BCUT2D eigenvalue weighted by Gasteiger charge is -2.31. The number of carbonyl (C=O) groups is 2. The summed E-state index contributed by atoms with van der Waals surface area (Å²) in [6, 6.07) is 16.3. The van der Waals surface area contributed by atoms with Gasteiger partial charge in [0.15, 0.2) is 0 Å². The molecule has 6 rings (SSSR count). The van der Waals surface area contributed by atoms with Gasteiger partial charge in [-0.2, -0.15) is 26.3 Å². The van der Waals surface area contributed by atoms with Crippen molar-refractivity contribution in [2.45, 2.75) is 43.8 Å². The van der Waals surface area contributed by atoms with Gasteiger partial charge in [0.2, 0.25) is 17.4 Å². The van der Waals surface area contributed by atoms with E-state index in [1.165, 1.54) is 43.4 Å². The summed E-state index contributed by atoms with van der Waals surface area (Å²) >= 11 is 23.6. The van der Waals surface area contributed by atoms with E-state index in [1.807, 2.05) is 0 Å². The zero-order valence-corrected chi connectivity index (χ0v) is 31.7. The molecule has 0 radical (unpaired) electrons. The van der Waals surface area contributed by atoms with Crippen LogP contribution in [0.1, 0.15) is 60.5 Å². The molecule has 2 aliphatic rings. The van der Waals surface area contributed by atoms with Gasteiger partial charge >= 0.3 is 12.4 Å². The lowest BCUT2D eigenvalue weighted by atomic mass is 9.86. The van der Waals surface area contributed by atoms with Crippen LogP contribution in [-0.4, -0.2) is 42.0 Å². The second-order valence-electron chi connectivity index (χ2n) is 12.6. The Labute approximate surface area is 330 Å². The summed E-state index contributed by atoms with van der Waals surface area (Å²) in [6.07, 6.45) is -9.16. The lowest BCUT2D eigenvalue weighted by molar-refractivity contribution is -0.308. The molecule has 18 heteroatoms. The van der Waals surface area contributed by atoms with Gasteiger partial charge < -0.3 is 16.3 Å². The van der Waals surface area contributed by atoms with Gasteiger partial charge in [0, 0.05) is 61.4 Å². The van der Waals surface area contributed by atoms with Crippen molar-refractivity contribution in [3.63, 3.8) is 0 Å². The lowest BCUT2D eigenvalue weighted by Crippen LogP contribution is -2.42. The van der Waals surface area contributed by atoms with E-state index in [0.29, 0.717) is 22.3 Å². The fraction of sp³-hybridized carbons (Fsp3) is 0.216. The summed E-state index contributed by atoms with van der Waals surface area (Å²) in [7, 11) is 1.36. The molecule has 0 spiro atoms. The molecule has 8 nitrogen and oxygen atoms in total. The number of carbonyl (C=O) groups excluding carboxylic acids is 2. The number of amides is 2. The fourth-order valence-electron chi connectivity index (χ4n) is 6.11. The molecule has 2 heterocycles. The molecule has 2 unspecified atom stereocenters. The van der Waals surface area contributed by atoms with Crippen molar-refractivity contribution >= 4 is 69.6 Å². The molecule has 0 fully saturated rings. The number of primary amides is 2. The van der Waals surface area contributed by atoms with Crippen LogP contribution < -0.4 is 11.5 Å². The highest BCUT2D eigenvalue weighted by Gasteiger charge is 2.63. The van der Waals surface area contributed by atoms with E-state index < -0.39 is 41.8 Å². The number of nitrogens with two attached hydrogens (primary N) is 2. The van der Waals surface area contributed by atoms with Crippen LogP contribution in [0.3, 0.4) is 0 Å². The molecule has 0 saturated carbocycles. The second kappa shape index (κ2) is 15.2. The maximum absolute atomic E-state index is 14.1. The van der Waals surface area contributed by atoms with Crippen LogP contribution in [0.2, 0.25) is 20.1 Å². The third-order valence-electron chi connectivity index (χ3n) is 8.80. The molecule has 2 aliphatic heterocycles. The predicted molar refractivity (Wildman–Crippen MR) is 197 cm³/mol. The topological polar surface area (TPSA) is 120 Å². The van der Waals surface area contributed by atoms with Crippen molar-refractivity contribution in [3.8, 4) is 0 Å². The zero-order valence-electron chi connectivity index (χ0n) is 28.7. The Morgan fingerprint density at radius 1 is 0.709 bits per heavy atom. The van der Waals surface area contributed by atoms with Crippen molar-refractivity contribution < 1.29 is 45.6 Å². The summed E-state index contributed by atoms with van der Waals surface area (Å²) in [5, 5.41) is 4.92. The number of alkyl halides is 6. The normalized spacial score (nSPS) is 19.6. The molecule has 4 N–H and O–H groups in total. The molecule has 0 aliphatic carbocycles. The monoisotopic (exact) mass is 846 g/mol. The minimum atomic E-state index is -4.79. The van der Waals surface area contributed by atoms with E-state index in [9.17, 15) is 35.9 Å². The highest BCUT2D eigenvalue weighted by molar-refractivity contribution is 6.35. The first kappa shape index (κ1) is 41.7. The van der Waals surface area contributed by atoms with Gasteiger partial charge in [0.1, 0.15) is 0 Å². The third-order valence-corrected chi connectivity index (χ3v) is 9.67. The molecular weight excluding hydrogens is 820 g/mol. The third kappa shape index (κ3) is 8.24. The smallest absolute Gasteiger partial charge is 0.374 e. The first-order valence-corrected chi connectivity index (χ1v) is 17.3. The standard InChI is InChI=1S/C19H15Cl2F3N2O2.C18H13Cl2F3N2O2/c1-10-5-11(3-4-15(10)17(25)27)16-9-18(19(22,23)24,28-26(16)2)12-6-13(20)8-14(21)7-12;1-9-4-10(2-3-14(9)16(24)26)15-8-17(27-25-15,18(21,22)23)11-5-12(19)7-13(20)6-11/h3-9H,1-2H3,(H2,25,27);2-7H,8H2,1H3,(H2,24,26). The van der Waals surface area contributed by atoms with Gasteiger partial charge in [0.05, 0.1) is 11.4 Å². The van der Waals surface area contributed by atoms with Gasteiger partial charge in [0.25, 0.3) is 5.60 Å². The molecule has 0 aromatic heterocycles. The molecule has 2 atom stereocenters. The van der Waals surface area contributed by atoms with Crippen molar-refractivity contribution in [3.05, 3.63) is 143 Å². The minimum Gasteiger partial charge on any atom is -0.374 e. The summed E-state index contributed by atoms with van der Waals surface area (Å²) < 4.78 is 84.3. The number of aryl methyl sites for hydroxylation is 2. The highest BCUT2D eigenvalue weighted by Crippen LogP contribution is 2.52. The van der Waals surface area contributed by atoms with Gasteiger partial charge in [-0.3, -0.25) is 14.7 Å². The SMILES string of the molecule is Cc1cc(C2=CC(c3cc(Cl)cc(Cl)c3)(C(F)(F)F)ON2C)ccc1C(N)=O.Cc1cc(C2=NOC(c3cc(Cl)cc(Cl)c3)(C(F)(F)F)C2)ccc1C(N)=O. The number of nitrogens with zero attached hydrogens (tertiary/aromatic N) is 2. The Kier molecular flexibility index (Phi) is 11.5. The fourth-order valence-corrected chi connectivity index (χ4v) is 7.16. The maximum Gasteiger partial charge on any atom is 0.435 e. The second-order valence-corrected chi connectivity index (χ2v) is 14.3. The quantitative estimate of drug-likeness (QED) is 0.187. The van der Waals surface area contributed by atoms with Crippen LogP contribution >= 0.6 is 46.4 Å². The van der Waals surface area contributed by atoms with E-state index in [0.717, 1.165) is 35.4 Å². The van der Waals surface area contributed by atoms with Crippen LogP contribution in [0, 0.1) is 13.8 Å². The van der Waals surface area contributed by atoms with Crippen molar-refractivity contribution in [2.75, 3.05) is 7.05 Å². The summed E-state index contributed by atoms with van der Waals surface area (Å²) in [6.45, 7) is 3.28. The van der Waals surface area contributed by atoms with Gasteiger partial charge in [-0.1, -0.05) is 63.7 Å². The molecule has 0 saturated heterocycles. The van der Waals surface area contributed by atoms with Crippen LogP contribution in [0.5, 0.6) is 0 Å². The Morgan fingerprint density at radius 2 is 1.16 bits per heavy atom. The first-order valence-electron chi connectivity index (χ1n) is 15.8. The van der Waals surface area contributed by atoms with E-state index in [2.05, 4.69) is 5.16 Å². The average molecular weight is 848 g/mol. The number of hydrogen-bond donors (Lipinski definition) is 2. The van der Waals surface area contributed by atoms with Crippen molar-refractivity contribution in [1.82, 2.24) is 5.06 Å². The van der Waals surface area contributed by atoms with Gasteiger partial charge in [-0.15, -0.1) is 0 Å². The number of rotatable bonds is 6. The highest BCUT2D eigenvalue weighted by atomic mass is 35.5. The van der Waals surface area contributed by atoms with E-state index >= 15 is 0 Å². The Balaban J connectivity index is 0.000000211. The van der Waals surface area contributed by atoms with E-state index in [-0.39, 0.29) is 53.8 Å².